The molecule has 0 spiro atoms. The zero-order valence-electron chi connectivity index (χ0n) is 8.13. The summed E-state index contributed by atoms with van der Waals surface area (Å²) in [6.07, 6.45) is 0.957. The van der Waals surface area contributed by atoms with Crippen molar-refractivity contribution in [1.82, 2.24) is 0 Å². The topological polar surface area (TPSA) is 27.7 Å². The molecule has 0 rings (SSSR count). The number of rotatable bonds is 7. The zero-order chi connectivity index (χ0) is 9.45. The lowest BCUT2D eigenvalue weighted by Gasteiger charge is -2.23. The monoisotopic (exact) mass is 190 g/mol. The predicted octanol–water partition coefficient (Wildman–Crippen LogP) is 1.76. The van der Waals surface area contributed by atoms with E-state index in [0.29, 0.717) is 13.2 Å². The molecule has 0 bridgehead atoms. The van der Waals surface area contributed by atoms with E-state index in [1.807, 2.05) is 13.8 Å². The van der Waals surface area contributed by atoms with Crippen molar-refractivity contribution in [3.63, 3.8) is 0 Å². The molecule has 4 heteroatoms. The van der Waals surface area contributed by atoms with Gasteiger partial charge in [0.15, 0.2) is 0 Å². The molecule has 0 amide bonds. The van der Waals surface area contributed by atoms with Gasteiger partial charge in [-0.3, -0.25) is 0 Å². The fourth-order valence-corrected chi connectivity index (χ4v) is 2.42. The molecular weight excluding hydrogens is 172 g/mol. The first-order chi connectivity index (χ1) is 5.74. The van der Waals surface area contributed by atoms with E-state index < -0.39 is 8.80 Å². The highest BCUT2D eigenvalue weighted by Crippen LogP contribution is 2.09. The summed E-state index contributed by atoms with van der Waals surface area (Å²) in [7, 11) is -0.904. The van der Waals surface area contributed by atoms with E-state index in [2.05, 4.69) is 6.58 Å². The van der Waals surface area contributed by atoms with Crippen LogP contribution in [0.25, 0.3) is 0 Å². The molecule has 12 heavy (non-hydrogen) atoms. The van der Waals surface area contributed by atoms with Crippen LogP contribution in [0.1, 0.15) is 20.3 Å². The Bertz CT molecular complexity index is 129. The lowest BCUT2D eigenvalue weighted by atomic mass is 10.5. The maximum absolute atomic E-state index is 5.49. The smallest absolute Gasteiger partial charge is 0.374 e. The van der Waals surface area contributed by atoms with Gasteiger partial charge in [-0.05, 0) is 19.0 Å². The Morgan fingerprint density at radius 1 is 1.33 bits per heavy atom. The minimum Gasteiger partial charge on any atom is -0.374 e. The Morgan fingerprint density at radius 3 is 2.33 bits per heavy atom. The van der Waals surface area contributed by atoms with Gasteiger partial charge in [-0.15, -0.1) is 0 Å². The molecule has 0 aromatic rings. The van der Waals surface area contributed by atoms with Gasteiger partial charge in [-0.25, -0.2) is 0 Å². The summed E-state index contributed by atoms with van der Waals surface area (Å²) in [4.78, 5) is 0. The Hall–Kier alpha value is -0.163. The summed E-state index contributed by atoms with van der Waals surface area (Å²) in [6.45, 7) is 8.88. The summed E-state index contributed by atoms with van der Waals surface area (Å²) in [5, 5.41) is 0. The molecule has 0 radical (unpaired) electrons. The van der Waals surface area contributed by atoms with Gasteiger partial charge >= 0.3 is 8.80 Å². The van der Waals surface area contributed by atoms with Gasteiger partial charge in [-0.1, -0.05) is 13.5 Å². The van der Waals surface area contributed by atoms with E-state index in [1.54, 1.807) is 12.8 Å². The highest BCUT2D eigenvalue weighted by Gasteiger charge is 2.35. The van der Waals surface area contributed by atoms with Gasteiger partial charge in [0.1, 0.15) is 0 Å². The van der Waals surface area contributed by atoms with Crippen molar-refractivity contribution in [2.45, 2.75) is 20.3 Å². The second kappa shape index (κ2) is 6.36. The van der Waals surface area contributed by atoms with Crippen LogP contribution >= 0.6 is 0 Å². The molecule has 3 nitrogen and oxygen atoms in total. The van der Waals surface area contributed by atoms with Crippen molar-refractivity contribution in [2.75, 3.05) is 20.3 Å². The van der Waals surface area contributed by atoms with E-state index >= 15 is 0 Å². The van der Waals surface area contributed by atoms with E-state index in [9.17, 15) is 0 Å². The van der Waals surface area contributed by atoms with Crippen LogP contribution in [0.5, 0.6) is 0 Å². The quantitative estimate of drug-likeness (QED) is 0.573. The van der Waals surface area contributed by atoms with Crippen molar-refractivity contribution < 1.29 is 13.3 Å². The minimum atomic E-state index is -2.50. The number of hydrogen-bond acceptors (Lipinski definition) is 3. The molecule has 0 heterocycles. The van der Waals surface area contributed by atoms with Gasteiger partial charge in [0.25, 0.3) is 0 Å². The Balaban J connectivity index is 4.04. The zero-order valence-corrected chi connectivity index (χ0v) is 9.13. The van der Waals surface area contributed by atoms with Crippen LogP contribution in [0.3, 0.4) is 0 Å². The van der Waals surface area contributed by atoms with Crippen LogP contribution in [0.15, 0.2) is 12.3 Å². The highest BCUT2D eigenvalue weighted by atomic mass is 28.4. The normalized spacial score (nSPS) is 15.6. The van der Waals surface area contributed by atoms with E-state index in [0.717, 1.165) is 6.42 Å². The first-order valence-electron chi connectivity index (χ1n) is 4.21. The lowest BCUT2D eigenvalue weighted by Crippen LogP contribution is -2.43. The van der Waals surface area contributed by atoms with Crippen LogP contribution in [-0.2, 0) is 13.3 Å². The van der Waals surface area contributed by atoms with Crippen molar-refractivity contribution in [3.05, 3.63) is 12.3 Å². The first-order valence-corrected chi connectivity index (χ1v) is 6.01. The second-order valence-corrected chi connectivity index (χ2v) is 4.89. The standard InChI is InChI=1S/C8H18O3Si/c1-5-8-11-12(7-3,9-4)10-6-2/h7H,3,5-6,8H2,1-2,4H3. The Labute approximate surface area is 75.7 Å². The first kappa shape index (κ1) is 11.8. The molecule has 0 aliphatic rings. The molecule has 0 aromatic heterocycles. The van der Waals surface area contributed by atoms with Gasteiger partial charge in [0.05, 0.1) is 0 Å². The molecule has 72 valence electrons. The SMILES string of the molecule is C=C[Si](OC)(OCC)OCCC. The average molecular weight is 190 g/mol. The van der Waals surface area contributed by atoms with Gasteiger partial charge in [0, 0.05) is 20.3 Å². The number of hydrogen-bond donors (Lipinski definition) is 0. The van der Waals surface area contributed by atoms with Crippen LogP contribution in [-0.4, -0.2) is 29.1 Å². The van der Waals surface area contributed by atoms with E-state index in [-0.39, 0.29) is 0 Å². The third kappa shape index (κ3) is 3.49. The second-order valence-electron chi connectivity index (χ2n) is 2.29. The highest BCUT2D eigenvalue weighted by molar-refractivity contribution is 6.66. The molecule has 1 atom stereocenters. The molecular formula is C8H18O3Si. The third-order valence-corrected chi connectivity index (χ3v) is 3.75. The fourth-order valence-electron chi connectivity index (χ4n) is 0.806. The molecule has 0 aliphatic heterocycles. The summed E-state index contributed by atoms with van der Waals surface area (Å²) in [6, 6.07) is 0. The maximum Gasteiger partial charge on any atom is 0.528 e. The summed E-state index contributed by atoms with van der Waals surface area (Å²) >= 11 is 0. The van der Waals surface area contributed by atoms with Crippen LogP contribution in [0.2, 0.25) is 0 Å². The fraction of sp³-hybridized carbons (Fsp3) is 0.750. The van der Waals surface area contributed by atoms with E-state index in [1.165, 1.54) is 0 Å². The summed E-state index contributed by atoms with van der Waals surface area (Å²) in [5.74, 6) is 0. The van der Waals surface area contributed by atoms with Crippen molar-refractivity contribution in [2.24, 2.45) is 0 Å². The van der Waals surface area contributed by atoms with Gasteiger partial charge in [-0.2, -0.15) is 0 Å². The largest absolute Gasteiger partial charge is 0.528 e. The van der Waals surface area contributed by atoms with Crippen LogP contribution < -0.4 is 0 Å². The molecule has 0 aromatic carbocycles. The molecule has 0 fully saturated rings. The minimum absolute atomic E-state index is 0.593. The van der Waals surface area contributed by atoms with E-state index in [4.69, 9.17) is 13.3 Å². The predicted molar refractivity (Wildman–Crippen MR) is 50.8 cm³/mol. The van der Waals surface area contributed by atoms with Crippen LogP contribution in [0.4, 0.5) is 0 Å². The summed E-state index contributed by atoms with van der Waals surface area (Å²) in [5.41, 5.74) is 1.66. The Kier molecular flexibility index (Phi) is 6.28. The Morgan fingerprint density at radius 2 is 2.00 bits per heavy atom. The molecule has 0 aliphatic carbocycles. The van der Waals surface area contributed by atoms with Crippen molar-refractivity contribution in [3.8, 4) is 0 Å². The molecule has 0 N–H and O–H groups in total. The molecule has 0 saturated carbocycles. The summed E-state index contributed by atoms with van der Waals surface area (Å²) < 4.78 is 16.1. The van der Waals surface area contributed by atoms with Crippen molar-refractivity contribution >= 4 is 8.80 Å². The van der Waals surface area contributed by atoms with Gasteiger partial charge in [0.2, 0.25) is 0 Å². The van der Waals surface area contributed by atoms with Gasteiger partial charge < -0.3 is 13.3 Å². The third-order valence-electron chi connectivity index (χ3n) is 1.39. The van der Waals surface area contributed by atoms with Crippen molar-refractivity contribution in [1.29, 1.82) is 0 Å². The lowest BCUT2D eigenvalue weighted by molar-refractivity contribution is 0.0952. The van der Waals surface area contributed by atoms with Crippen LogP contribution in [0, 0.1) is 0 Å². The molecule has 0 saturated heterocycles. The maximum atomic E-state index is 5.49. The average Bonchev–Trinajstić information content (AvgIpc) is 2.13. The molecule has 1 unspecified atom stereocenters.